The number of hydrogen-bond donors (Lipinski definition) is 0. The Kier molecular flexibility index (Phi) is 3.97. The molecule has 4 heteroatoms. The summed E-state index contributed by atoms with van der Waals surface area (Å²) >= 11 is 0. The predicted molar refractivity (Wildman–Crippen MR) is 67.0 cm³/mol. The highest BCUT2D eigenvalue weighted by Gasteiger charge is 2.62. The molecule has 18 heavy (non-hydrogen) atoms. The molecule has 1 aliphatic carbocycles. The molecule has 104 valence electrons. The highest BCUT2D eigenvalue weighted by molar-refractivity contribution is 5.78. The molecule has 0 aromatic heterocycles. The van der Waals surface area contributed by atoms with Gasteiger partial charge in [-0.3, -0.25) is 4.79 Å². The van der Waals surface area contributed by atoms with E-state index in [4.69, 9.17) is 14.2 Å². The van der Waals surface area contributed by atoms with Crippen LogP contribution in [0.4, 0.5) is 0 Å². The summed E-state index contributed by atoms with van der Waals surface area (Å²) in [4.78, 5) is 12.4. The van der Waals surface area contributed by atoms with Gasteiger partial charge in [-0.25, -0.2) is 0 Å². The molecule has 1 aliphatic heterocycles. The molecule has 0 radical (unpaired) electrons. The number of carbonyl (C=O) groups excluding carboxylic acids is 1. The van der Waals surface area contributed by atoms with Crippen LogP contribution >= 0.6 is 0 Å². The van der Waals surface area contributed by atoms with Gasteiger partial charge < -0.3 is 14.2 Å². The zero-order chi connectivity index (χ0) is 13.2. The van der Waals surface area contributed by atoms with Gasteiger partial charge >= 0.3 is 5.97 Å². The van der Waals surface area contributed by atoms with E-state index >= 15 is 0 Å². The fourth-order valence-electron chi connectivity index (χ4n) is 3.64. The molecule has 0 aromatic rings. The van der Waals surface area contributed by atoms with Crippen LogP contribution in [0.1, 0.15) is 46.0 Å². The van der Waals surface area contributed by atoms with Crippen molar-refractivity contribution in [2.24, 2.45) is 11.3 Å². The first-order valence-electron chi connectivity index (χ1n) is 6.95. The average Bonchev–Trinajstić information content (AvgIpc) is 2.89. The van der Waals surface area contributed by atoms with E-state index in [2.05, 4.69) is 13.8 Å². The van der Waals surface area contributed by atoms with Crippen molar-refractivity contribution in [3.05, 3.63) is 0 Å². The van der Waals surface area contributed by atoms with E-state index in [0.717, 1.165) is 25.7 Å². The Balaban J connectivity index is 2.40. The molecule has 2 rings (SSSR count). The summed E-state index contributed by atoms with van der Waals surface area (Å²) in [6.45, 7) is 5.25. The van der Waals surface area contributed by atoms with Crippen LogP contribution in [0.5, 0.6) is 0 Å². The molecule has 0 N–H and O–H groups in total. The monoisotopic (exact) mass is 256 g/mol. The molecule has 4 nitrogen and oxygen atoms in total. The van der Waals surface area contributed by atoms with Crippen LogP contribution in [0, 0.1) is 11.3 Å². The zero-order valence-corrected chi connectivity index (χ0v) is 11.7. The Bertz CT molecular complexity index is 299. The number of esters is 1. The third kappa shape index (κ3) is 1.86. The summed E-state index contributed by atoms with van der Waals surface area (Å²) < 4.78 is 17.0. The lowest BCUT2D eigenvalue weighted by Crippen LogP contribution is -2.58. The second kappa shape index (κ2) is 5.17. The lowest BCUT2D eigenvalue weighted by atomic mass is 9.65. The van der Waals surface area contributed by atoms with Crippen LogP contribution in [0.2, 0.25) is 0 Å². The van der Waals surface area contributed by atoms with Crippen LogP contribution in [-0.2, 0) is 19.0 Å². The van der Waals surface area contributed by atoms with Gasteiger partial charge in [0.05, 0.1) is 20.3 Å². The molecule has 0 bridgehead atoms. The fraction of sp³-hybridized carbons (Fsp3) is 0.929. The largest absolute Gasteiger partial charge is 0.468 e. The number of rotatable bonds is 3. The molecule has 0 spiro atoms. The first kappa shape index (κ1) is 13.8. The average molecular weight is 256 g/mol. The molecule has 1 saturated heterocycles. The molecular formula is C14H24O4. The summed E-state index contributed by atoms with van der Waals surface area (Å²) in [7, 11) is 1.46. The second-order valence-electron chi connectivity index (χ2n) is 5.65. The highest BCUT2D eigenvalue weighted by atomic mass is 16.7. The first-order valence-corrected chi connectivity index (χ1v) is 6.95. The summed E-state index contributed by atoms with van der Waals surface area (Å²) in [5.41, 5.74) is -0.620. The maximum Gasteiger partial charge on any atom is 0.317 e. The van der Waals surface area contributed by atoms with Crippen molar-refractivity contribution in [3.63, 3.8) is 0 Å². The second-order valence-corrected chi connectivity index (χ2v) is 5.65. The topological polar surface area (TPSA) is 44.8 Å². The molecule has 2 aliphatic rings. The van der Waals surface area contributed by atoms with Gasteiger partial charge in [-0.15, -0.1) is 0 Å². The van der Waals surface area contributed by atoms with Gasteiger partial charge in [0.15, 0.2) is 5.79 Å². The smallest absolute Gasteiger partial charge is 0.317 e. The van der Waals surface area contributed by atoms with Crippen molar-refractivity contribution in [2.75, 3.05) is 20.3 Å². The Morgan fingerprint density at radius 1 is 1.11 bits per heavy atom. The van der Waals surface area contributed by atoms with Crippen molar-refractivity contribution < 1.29 is 19.0 Å². The molecule has 0 aromatic carbocycles. The van der Waals surface area contributed by atoms with Crippen molar-refractivity contribution in [1.29, 1.82) is 0 Å². The number of hydrogen-bond acceptors (Lipinski definition) is 4. The van der Waals surface area contributed by atoms with Gasteiger partial charge in [0.1, 0.15) is 5.41 Å². The SMILES string of the molecule is COC(=O)C1(C2(C(C)C)OCCO2)CCCCC1. The Labute approximate surface area is 109 Å². The number of ether oxygens (including phenoxy) is 3. The van der Waals surface area contributed by atoms with Gasteiger partial charge in [-0.2, -0.15) is 0 Å². The predicted octanol–water partition coefficient (Wildman–Crippen LogP) is 2.51. The van der Waals surface area contributed by atoms with Gasteiger partial charge in [0, 0.05) is 5.92 Å². The minimum absolute atomic E-state index is 0.136. The molecule has 0 unspecified atom stereocenters. The quantitative estimate of drug-likeness (QED) is 0.728. The summed E-state index contributed by atoms with van der Waals surface area (Å²) in [6.07, 6.45) is 4.86. The van der Waals surface area contributed by atoms with Gasteiger partial charge in [0.25, 0.3) is 0 Å². The van der Waals surface area contributed by atoms with E-state index in [9.17, 15) is 4.79 Å². The lowest BCUT2D eigenvalue weighted by molar-refractivity contribution is -0.272. The molecule has 2 fully saturated rings. The van der Waals surface area contributed by atoms with Crippen LogP contribution < -0.4 is 0 Å². The lowest BCUT2D eigenvalue weighted by Gasteiger charge is -2.48. The third-order valence-corrected chi connectivity index (χ3v) is 4.43. The van der Waals surface area contributed by atoms with Crippen LogP contribution in [0.25, 0.3) is 0 Å². The molecule has 1 heterocycles. The fourth-order valence-corrected chi connectivity index (χ4v) is 3.64. The molecule has 0 amide bonds. The van der Waals surface area contributed by atoms with Crippen molar-refractivity contribution in [2.45, 2.75) is 51.7 Å². The molecule has 0 atom stereocenters. The van der Waals surface area contributed by atoms with Crippen LogP contribution in [0.15, 0.2) is 0 Å². The Morgan fingerprint density at radius 3 is 2.11 bits per heavy atom. The van der Waals surface area contributed by atoms with E-state index in [1.54, 1.807) is 0 Å². The van der Waals surface area contributed by atoms with Gasteiger partial charge in [-0.1, -0.05) is 33.1 Å². The maximum absolute atomic E-state index is 12.4. The standard InChI is InChI=1S/C14H24O4/c1-11(2)14(17-9-10-18-14)13(12(15)16-3)7-5-4-6-8-13/h11H,4-10H2,1-3H3. The van der Waals surface area contributed by atoms with E-state index in [1.807, 2.05) is 0 Å². The van der Waals surface area contributed by atoms with Crippen molar-refractivity contribution in [1.82, 2.24) is 0 Å². The minimum atomic E-state index is -0.791. The van der Waals surface area contributed by atoms with Crippen molar-refractivity contribution in [3.8, 4) is 0 Å². The van der Waals surface area contributed by atoms with Crippen LogP contribution in [-0.4, -0.2) is 32.1 Å². The number of methoxy groups -OCH3 is 1. The Hall–Kier alpha value is -0.610. The third-order valence-electron chi connectivity index (χ3n) is 4.43. The van der Waals surface area contributed by atoms with Gasteiger partial charge in [0.2, 0.25) is 0 Å². The van der Waals surface area contributed by atoms with Gasteiger partial charge in [-0.05, 0) is 12.8 Å². The molecular weight excluding hydrogens is 232 g/mol. The minimum Gasteiger partial charge on any atom is -0.468 e. The normalized spacial score (nSPS) is 26.2. The Morgan fingerprint density at radius 2 is 1.67 bits per heavy atom. The maximum atomic E-state index is 12.4. The molecule has 1 saturated carbocycles. The van der Waals surface area contributed by atoms with Crippen molar-refractivity contribution >= 4 is 5.97 Å². The zero-order valence-electron chi connectivity index (χ0n) is 11.7. The van der Waals surface area contributed by atoms with E-state index in [1.165, 1.54) is 13.5 Å². The van der Waals surface area contributed by atoms with Crippen LogP contribution in [0.3, 0.4) is 0 Å². The number of carbonyl (C=O) groups is 1. The summed E-state index contributed by atoms with van der Waals surface area (Å²) in [5, 5.41) is 0. The summed E-state index contributed by atoms with van der Waals surface area (Å²) in [6, 6.07) is 0. The van der Waals surface area contributed by atoms with E-state index < -0.39 is 11.2 Å². The summed E-state index contributed by atoms with van der Waals surface area (Å²) in [5.74, 6) is -0.824. The van der Waals surface area contributed by atoms with E-state index in [-0.39, 0.29) is 11.9 Å². The first-order chi connectivity index (χ1) is 8.59. The highest BCUT2D eigenvalue weighted by Crippen LogP contribution is 2.53. The van der Waals surface area contributed by atoms with E-state index in [0.29, 0.717) is 13.2 Å².